The third-order valence-corrected chi connectivity index (χ3v) is 3.96. The molecule has 0 aromatic heterocycles. The maximum Gasteiger partial charge on any atom is 0.192 e. The zero-order valence-corrected chi connectivity index (χ0v) is 14.1. The lowest BCUT2D eigenvalue weighted by Crippen LogP contribution is -2.01. The molecule has 0 amide bonds. The molecule has 2 aromatic carbocycles. The van der Waals surface area contributed by atoms with Crippen LogP contribution in [0.15, 0.2) is 46.4 Å². The molecule has 0 heterocycles. The molecule has 2 nitrogen and oxygen atoms in total. The van der Waals surface area contributed by atoms with Gasteiger partial charge in [-0.3, -0.25) is 4.79 Å². The number of hydrogen-bond acceptors (Lipinski definition) is 2. The van der Waals surface area contributed by atoms with Crippen LogP contribution in [0.4, 0.5) is 0 Å². The van der Waals surface area contributed by atoms with Crippen molar-refractivity contribution in [1.82, 2.24) is 0 Å². The van der Waals surface area contributed by atoms with Gasteiger partial charge in [0.05, 0.1) is 10.0 Å². The number of ketones is 1. The highest BCUT2D eigenvalue weighted by molar-refractivity contribution is 9.10. The second kappa shape index (κ2) is 6.65. The Morgan fingerprint density at radius 2 is 1.76 bits per heavy atom. The highest BCUT2D eigenvalue weighted by Gasteiger charge is 2.16. The molecule has 0 spiro atoms. The van der Waals surface area contributed by atoms with Gasteiger partial charge < -0.3 is 5.11 Å². The molecule has 2 rings (SSSR count). The highest BCUT2D eigenvalue weighted by atomic mass is 79.9. The SMILES string of the molecule is CC(=Cc1ccc(Cl)cc1)C(=O)c1cc(Cl)cc(Br)c1O. The van der Waals surface area contributed by atoms with Crippen molar-refractivity contribution in [1.29, 1.82) is 0 Å². The topological polar surface area (TPSA) is 37.3 Å². The summed E-state index contributed by atoms with van der Waals surface area (Å²) in [5, 5.41) is 11.0. The van der Waals surface area contributed by atoms with Crippen molar-refractivity contribution in [2.75, 3.05) is 0 Å². The van der Waals surface area contributed by atoms with Gasteiger partial charge in [-0.25, -0.2) is 0 Å². The van der Waals surface area contributed by atoms with Gasteiger partial charge in [-0.2, -0.15) is 0 Å². The molecular formula is C16H11BrCl2O2. The number of rotatable bonds is 3. The van der Waals surface area contributed by atoms with E-state index in [9.17, 15) is 9.90 Å². The fourth-order valence-electron chi connectivity index (χ4n) is 1.83. The molecule has 0 aliphatic carbocycles. The number of benzene rings is 2. The number of hydrogen-bond donors (Lipinski definition) is 1. The number of phenolic OH excluding ortho intramolecular Hbond substituents is 1. The Kier molecular flexibility index (Phi) is 5.09. The molecule has 0 saturated carbocycles. The van der Waals surface area contributed by atoms with Crippen LogP contribution >= 0.6 is 39.1 Å². The summed E-state index contributed by atoms with van der Waals surface area (Å²) in [5.74, 6) is -0.404. The van der Waals surface area contributed by atoms with Crippen LogP contribution in [-0.2, 0) is 0 Å². The average Bonchev–Trinajstić information content (AvgIpc) is 2.44. The maximum absolute atomic E-state index is 12.4. The van der Waals surface area contributed by atoms with E-state index in [-0.39, 0.29) is 17.1 Å². The molecule has 0 saturated heterocycles. The molecule has 1 N–H and O–H groups in total. The summed E-state index contributed by atoms with van der Waals surface area (Å²) in [7, 11) is 0. The summed E-state index contributed by atoms with van der Waals surface area (Å²) in [6, 6.07) is 10.1. The molecule has 2 aromatic rings. The van der Waals surface area contributed by atoms with Gasteiger partial charge in [0, 0.05) is 10.0 Å². The van der Waals surface area contributed by atoms with Gasteiger partial charge in [-0.05, 0) is 64.3 Å². The quantitative estimate of drug-likeness (QED) is 0.539. The van der Waals surface area contributed by atoms with Crippen LogP contribution in [0.3, 0.4) is 0 Å². The van der Waals surface area contributed by atoms with Gasteiger partial charge in [0.25, 0.3) is 0 Å². The summed E-state index contributed by atoms with van der Waals surface area (Å²) in [6.07, 6.45) is 1.73. The summed E-state index contributed by atoms with van der Waals surface area (Å²) in [5.41, 5.74) is 1.50. The van der Waals surface area contributed by atoms with E-state index in [4.69, 9.17) is 23.2 Å². The first-order valence-electron chi connectivity index (χ1n) is 6.05. The first-order chi connectivity index (χ1) is 9.88. The third kappa shape index (κ3) is 3.88. The van der Waals surface area contributed by atoms with Crippen LogP contribution in [0.2, 0.25) is 10.0 Å². The molecule has 0 bridgehead atoms. The van der Waals surface area contributed by atoms with Crippen molar-refractivity contribution in [3.63, 3.8) is 0 Å². The predicted octanol–water partition coefficient (Wildman–Crippen LogP) is 5.75. The minimum absolute atomic E-state index is 0.117. The number of phenols is 1. The maximum atomic E-state index is 12.4. The van der Waals surface area contributed by atoms with Crippen LogP contribution < -0.4 is 0 Å². The van der Waals surface area contributed by atoms with Crippen molar-refractivity contribution in [3.8, 4) is 5.75 Å². The molecular weight excluding hydrogens is 375 g/mol. The average molecular weight is 386 g/mol. The van der Waals surface area contributed by atoms with Crippen molar-refractivity contribution in [2.45, 2.75) is 6.92 Å². The normalized spacial score (nSPS) is 11.5. The zero-order chi connectivity index (χ0) is 15.6. The van der Waals surface area contributed by atoms with E-state index in [0.717, 1.165) is 5.56 Å². The summed E-state index contributed by atoms with van der Waals surface area (Å²) >= 11 is 14.9. The molecule has 0 atom stereocenters. The minimum atomic E-state index is -0.286. The van der Waals surface area contributed by atoms with Gasteiger partial charge >= 0.3 is 0 Å². The standard InChI is InChI=1S/C16H11BrCl2O2/c1-9(6-10-2-4-11(18)5-3-10)15(20)13-7-12(19)8-14(17)16(13)21/h2-8,21H,1H3. The Morgan fingerprint density at radius 3 is 2.38 bits per heavy atom. The number of carbonyl (C=O) groups is 1. The van der Waals surface area contributed by atoms with E-state index in [1.165, 1.54) is 12.1 Å². The smallest absolute Gasteiger partial charge is 0.192 e. The molecule has 0 unspecified atom stereocenters. The van der Waals surface area contributed by atoms with Gasteiger partial charge in [0.2, 0.25) is 0 Å². The fraction of sp³-hybridized carbons (Fsp3) is 0.0625. The molecule has 21 heavy (non-hydrogen) atoms. The van der Waals surface area contributed by atoms with Gasteiger partial charge in [0.1, 0.15) is 5.75 Å². The Hall–Kier alpha value is -1.29. The van der Waals surface area contributed by atoms with E-state index >= 15 is 0 Å². The monoisotopic (exact) mass is 384 g/mol. The molecule has 0 radical (unpaired) electrons. The Labute approximate surface area is 141 Å². The predicted molar refractivity (Wildman–Crippen MR) is 90.3 cm³/mol. The van der Waals surface area contributed by atoms with E-state index in [1.807, 2.05) is 12.1 Å². The van der Waals surface area contributed by atoms with E-state index in [1.54, 1.807) is 25.1 Å². The first-order valence-corrected chi connectivity index (χ1v) is 7.60. The molecule has 0 aliphatic rings. The van der Waals surface area contributed by atoms with Crippen LogP contribution in [0.5, 0.6) is 5.75 Å². The second-order valence-electron chi connectivity index (χ2n) is 4.49. The number of allylic oxidation sites excluding steroid dienone is 1. The lowest BCUT2D eigenvalue weighted by molar-refractivity contribution is 0.103. The minimum Gasteiger partial charge on any atom is -0.506 e. The van der Waals surface area contributed by atoms with Gasteiger partial charge in [0.15, 0.2) is 5.78 Å². The second-order valence-corrected chi connectivity index (χ2v) is 6.22. The van der Waals surface area contributed by atoms with E-state index < -0.39 is 0 Å². The molecule has 108 valence electrons. The lowest BCUT2D eigenvalue weighted by atomic mass is 10.0. The first kappa shape index (κ1) is 16.1. The van der Waals surface area contributed by atoms with Crippen molar-refractivity contribution >= 4 is 51.0 Å². The molecule has 0 aliphatic heterocycles. The van der Waals surface area contributed by atoms with E-state index in [0.29, 0.717) is 20.1 Å². The van der Waals surface area contributed by atoms with Crippen LogP contribution in [0, 0.1) is 0 Å². The van der Waals surface area contributed by atoms with E-state index in [2.05, 4.69) is 15.9 Å². The fourth-order valence-corrected chi connectivity index (χ4v) is 2.76. The highest BCUT2D eigenvalue weighted by Crippen LogP contribution is 2.33. The number of carbonyl (C=O) groups excluding carboxylic acids is 1. The lowest BCUT2D eigenvalue weighted by Gasteiger charge is -2.07. The van der Waals surface area contributed by atoms with Crippen LogP contribution in [-0.4, -0.2) is 10.9 Å². The summed E-state index contributed by atoms with van der Waals surface area (Å²) in [4.78, 5) is 12.4. The van der Waals surface area contributed by atoms with Gasteiger partial charge in [-0.15, -0.1) is 0 Å². The largest absolute Gasteiger partial charge is 0.506 e. The summed E-state index contributed by atoms with van der Waals surface area (Å²) < 4.78 is 0.387. The Bertz CT molecular complexity index is 722. The van der Waals surface area contributed by atoms with Crippen molar-refractivity contribution in [2.24, 2.45) is 0 Å². The Balaban J connectivity index is 2.37. The molecule has 5 heteroatoms. The summed E-state index contributed by atoms with van der Waals surface area (Å²) in [6.45, 7) is 1.69. The number of Topliss-reactive ketones (excluding diaryl/α,β-unsaturated/α-hetero) is 1. The van der Waals surface area contributed by atoms with Crippen molar-refractivity contribution in [3.05, 3.63) is 67.6 Å². The van der Waals surface area contributed by atoms with Crippen molar-refractivity contribution < 1.29 is 9.90 Å². The zero-order valence-electron chi connectivity index (χ0n) is 11.0. The van der Waals surface area contributed by atoms with Gasteiger partial charge in [-0.1, -0.05) is 35.3 Å². The third-order valence-electron chi connectivity index (χ3n) is 2.88. The van der Waals surface area contributed by atoms with Crippen LogP contribution in [0.1, 0.15) is 22.8 Å². The number of aromatic hydroxyl groups is 1. The molecule has 0 fully saturated rings. The van der Waals surface area contributed by atoms with Crippen LogP contribution in [0.25, 0.3) is 6.08 Å². The Morgan fingerprint density at radius 1 is 1.14 bits per heavy atom. The number of halogens is 3.